The highest BCUT2D eigenvalue weighted by Crippen LogP contribution is 2.31. The summed E-state index contributed by atoms with van der Waals surface area (Å²) in [4.78, 5) is 19.5. The minimum absolute atomic E-state index is 0.0239. The predicted molar refractivity (Wildman–Crippen MR) is 119 cm³/mol. The Morgan fingerprint density at radius 3 is 2.58 bits per heavy atom. The number of piperazine rings is 1. The van der Waals surface area contributed by atoms with Crippen molar-refractivity contribution >= 4 is 10.9 Å². The van der Waals surface area contributed by atoms with E-state index in [2.05, 4.69) is 59.6 Å². The van der Waals surface area contributed by atoms with Gasteiger partial charge in [0.05, 0.1) is 24.2 Å². The molecule has 3 N–H and O–H groups in total. The number of aromatic nitrogens is 5. The molecule has 0 spiro atoms. The van der Waals surface area contributed by atoms with E-state index in [0.717, 1.165) is 66.9 Å². The SMILES string of the molecule is Cc1cc(C)c2[nH]c(=O)c([C@@H](c3nnnn3C3CCCC3)[NH+]3CC[NH+](C)CC3)cc2c1. The number of hydrogen-bond acceptors (Lipinski definition) is 4. The number of benzene rings is 1. The van der Waals surface area contributed by atoms with Crippen LogP contribution in [0.2, 0.25) is 0 Å². The Balaban J connectivity index is 1.66. The molecule has 0 unspecified atom stereocenters. The Labute approximate surface area is 182 Å². The summed E-state index contributed by atoms with van der Waals surface area (Å²) < 4.78 is 2.03. The summed E-state index contributed by atoms with van der Waals surface area (Å²) in [5, 5.41) is 14.1. The van der Waals surface area contributed by atoms with Gasteiger partial charge in [-0.15, -0.1) is 5.10 Å². The zero-order valence-corrected chi connectivity index (χ0v) is 18.7. The second kappa shape index (κ2) is 8.16. The Kier molecular flexibility index (Phi) is 5.35. The van der Waals surface area contributed by atoms with Crippen LogP contribution in [0.15, 0.2) is 23.0 Å². The van der Waals surface area contributed by atoms with Crippen LogP contribution in [0.5, 0.6) is 0 Å². The highest BCUT2D eigenvalue weighted by molar-refractivity contribution is 5.83. The number of tetrazole rings is 1. The van der Waals surface area contributed by atoms with E-state index in [1.165, 1.54) is 28.2 Å². The van der Waals surface area contributed by atoms with Gasteiger partial charge in [0.25, 0.3) is 5.56 Å². The van der Waals surface area contributed by atoms with Crippen LogP contribution < -0.4 is 15.4 Å². The Hall–Kier alpha value is -2.58. The van der Waals surface area contributed by atoms with Crippen molar-refractivity contribution in [2.24, 2.45) is 0 Å². The standard InChI is InChI=1S/C23H31N7O/c1-15-12-16(2)20-17(13-15)14-19(23(31)24-20)21(29-10-8-28(3)9-11-29)22-25-26-27-30(22)18-6-4-5-7-18/h12-14,18,21H,4-11H2,1-3H3,(H,24,31)/p+2/t21-/m0/s1. The van der Waals surface area contributed by atoms with Gasteiger partial charge < -0.3 is 14.8 Å². The van der Waals surface area contributed by atoms with Crippen molar-refractivity contribution in [1.29, 1.82) is 0 Å². The Bertz CT molecular complexity index is 1140. The van der Waals surface area contributed by atoms with Crippen LogP contribution in [-0.2, 0) is 0 Å². The molecule has 0 radical (unpaired) electrons. The molecular weight excluding hydrogens is 390 g/mol. The summed E-state index contributed by atoms with van der Waals surface area (Å²) in [5.74, 6) is 0.843. The second-order valence-corrected chi connectivity index (χ2v) is 9.57. The summed E-state index contributed by atoms with van der Waals surface area (Å²) in [5.41, 5.74) is 3.98. The lowest BCUT2D eigenvalue weighted by molar-refractivity contribution is -1.02. The minimum Gasteiger partial charge on any atom is -0.328 e. The molecule has 1 aromatic carbocycles. The first kappa shape index (κ1) is 20.3. The molecule has 3 aromatic rings. The predicted octanol–water partition coefficient (Wildman–Crippen LogP) is -0.251. The lowest BCUT2D eigenvalue weighted by Crippen LogP contribution is -3.27. The van der Waals surface area contributed by atoms with Crippen LogP contribution >= 0.6 is 0 Å². The average Bonchev–Trinajstić information content (AvgIpc) is 3.42. The number of pyridine rings is 1. The normalized spacial score (nSPS) is 23.5. The maximum atomic E-state index is 13.4. The summed E-state index contributed by atoms with van der Waals surface area (Å²) in [7, 11) is 2.24. The van der Waals surface area contributed by atoms with Crippen molar-refractivity contribution in [3.63, 3.8) is 0 Å². The van der Waals surface area contributed by atoms with Crippen LogP contribution in [-0.4, -0.2) is 58.4 Å². The third kappa shape index (κ3) is 3.78. The molecule has 2 fully saturated rings. The van der Waals surface area contributed by atoms with Gasteiger partial charge in [0.15, 0.2) is 6.04 Å². The number of rotatable bonds is 4. The highest BCUT2D eigenvalue weighted by Gasteiger charge is 2.38. The first-order valence-electron chi connectivity index (χ1n) is 11.6. The van der Waals surface area contributed by atoms with Crippen LogP contribution in [0.1, 0.15) is 60.3 Å². The fourth-order valence-corrected chi connectivity index (χ4v) is 5.55. The molecule has 0 amide bonds. The van der Waals surface area contributed by atoms with Gasteiger partial charge in [-0.25, -0.2) is 4.68 Å². The molecule has 1 saturated carbocycles. The van der Waals surface area contributed by atoms with Crippen LogP contribution in [0.3, 0.4) is 0 Å². The molecule has 1 saturated heterocycles. The zero-order valence-electron chi connectivity index (χ0n) is 18.7. The average molecular weight is 424 g/mol. The lowest BCUT2D eigenvalue weighted by atomic mass is 10.00. The van der Waals surface area contributed by atoms with E-state index in [1.807, 2.05) is 4.68 Å². The molecule has 0 bridgehead atoms. The van der Waals surface area contributed by atoms with E-state index >= 15 is 0 Å². The van der Waals surface area contributed by atoms with Crippen molar-refractivity contribution in [2.75, 3.05) is 33.2 Å². The fourth-order valence-electron chi connectivity index (χ4n) is 5.55. The molecular formula is C23H33N7O+2. The summed E-state index contributed by atoms with van der Waals surface area (Å²) in [6, 6.07) is 6.55. The van der Waals surface area contributed by atoms with Crippen molar-refractivity contribution in [3.8, 4) is 0 Å². The maximum Gasteiger partial charge on any atom is 0.258 e. The van der Waals surface area contributed by atoms with Crippen LogP contribution in [0, 0.1) is 13.8 Å². The fraction of sp³-hybridized carbons (Fsp3) is 0.565. The highest BCUT2D eigenvalue weighted by atomic mass is 16.1. The Morgan fingerprint density at radius 2 is 1.84 bits per heavy atom. The van der Waals surface area contributed by atoms with Gasteiger partial charge in [-0.2, -0.15) is 0 Å². The molecule has 164 valence electrons. The molecule has 1 atom stereocenters. The number of quaternary nitrogens is 2. The number of likely N-dealkylation sites (N-methyl/N-ethyl adjacent to an activating group) is 1. The summed E-state index contributed by atoms with van der Waals surface area (Å²) >= 11 is 0. The minimum atomic E-state index is -0.155. The molecule has 2 aliphatic rings. The molecule has 1 aliphatic heterocycles. The van der Waals surface area contributed by atoms with E-state index in [4.69, 9.17) is 0 Å². The van der Waals surface area contributed by atoms with E-state index in [9.17, 15) is 4.79 Å². The largest absolute Gasteiger partial charge is 0.328 e. The van der Waals surface area contributed by atoms with Gasteiger partial charge in [0.2, 0.25) is 5.82 Å². The first-order chi connectivity index (χ1) is 15.0. The van der Waals surface area contributed by atoms with E-state index in [-0.39, 0.29) is 11.6 Å². The van der Waals surface area contributed by atoms with E-state index < -0.39 is 0 Å². The molecule has 8 nitrogen and oxygen atoms in total. The Morgan fingerprint density at radius 1 is 1.10 bits per heavy atom. The molecule has 8 heteroatoms. The van der Waals surface area contributed by atoms with Crippen molar-refractivity contribution < 1.29 is 9.80 Å². The van der Waals surface area contributed by atoms with Crippen molar-refractivity contribution in [1.82, 2.24) is 25.2 Å². The number of fused-ring (bicyclic) bond motifs is 1. The molecule has 2 aromatic heterocycles. The van der Waals surface area contributed by atoms with Gasteiger partial charge >= 0.3 is 0 Å². The van der Waals surface area contributed by atoms with E-state index in [1.54, 1.807) is 0 Å². The number of H-pyrrole nitrogens is 1. The smallest absolute Gasteiger partial charge is 0.258 e. The van der Waals surface area contributed by atoms with E-state index in [0.29, 0.717) is 6.04 Å². The molecule has 31 heavy (non-hydrogen) atoms. The topological polar surface area (TPSA) is 85.3 Å². The summed E-state index contributed by atoms with van der Waals surface area (Å²) in [6.45, 7) is 8.32. The van der Waals surface area contributed by atoms with Gasteiger partial charge in [-0.05, 0) is 60.2 Å². The third-order valence-corrected chi connectivity index (χ3v) is 7.23. The van der Waals surface area contributed by atoms with Gasteiger partial charge in [-0.3, -0.25) is 4.79 Å². The summed E-state index contributed by atoms with van der Waals surface area (Å²) in [6.07, 6.45) is 4.65. The zero-order chi connectivity index (χ0) is 21.5. The second-order valence-electron chi connectivity index (χ2n) is 9.57. The van der Waals surface area contributed by atoms with Gasteiger partial charge in [0.1, 0.15) is 26.2 Å². The third-order valence-electron chi connectivity index (χ3n) is 7.23. The first-order valence-corrected chi connectivity index (χ1v) is 11.6. The van der Waals surface area contributed by atoms with Crippen LogP contribution in [0.4, 0.5) is 0 Å². The van der Waals surface area contributed by atoms with Crippen LogP contribution in [0.25, 0.3) is 10.9 Å². The maximum absolute atomic E-state index is 13.4. The number of aromatic amines is 1. The monoisotopic (exact) mass is 423 g/mol. The number of aryl methyl sites for hydroxylation is 2. The van der Waals surface area contributed by atoms with Crippen molar-refractivity contribution in [2.45, 2.75) is 51.6 Å². The quantitative estimate of drug-likeness (QED) is 0.540. The number of nitrogens with zero attached hydrogens (tertiary/aromatic N) is 4. The number of hydrogen-bond donors (Lipinski definition) is 3. The number of nitrogens with one attached hydrogen (secondary N) is 3. The van der Waals surface area contributed by atoms with Crippen molar-refractivity contribution in [3.05, 3.63) is 51.1 Å². The molecule has 1 aliphatic carbocycles. The van der Waals surface area contributed by atoms with Gasteiger partial charge in [-0.1, -0.05) is 24.5 Å². The van der Waals surface area contributed by atoms with Gasteiger partial charge in [0, 0.05) is 0 Å². The molecule has 5 rings (SSSR count). The molecule has 3 heterocycles. The lowest BCUT2D eigenvalue weighted by Gasteiger charge is -2.33.